The van der Waals surface area contributed by atoms with Gasteiger partial charge in [0, 0.05) is 15.6 Å². The Morgan fingerprint density at radius 1 is 1.23 bits per heavy atom. The largest absolute Gasteiger partial charge is 0.390 e. The molecule has 72 valence electrons. The van der Waals surface area contributed by atoms with E-state index in [1.54, 1.807) is 12.1 Å². The predicted octanol–water partition coefficient (Wildman–Crippen LogP) is 2.41. The summed E-state index contributed by atoms with van der Waals surface area (Å²) in [5.41, 5.74) is 0.487. The molecule has 0 aromatic heterocycles. The van der Waals surface area contributed by atoms with Crippen molar-refractivity contribution in [1.82, 2.24) is 0 Å². The van der Waals surface area contributed by atoms with Crippen molar-refractivity contribution in [3.05, 3.63) is 33.8 Å². The van der Waals surface area contributed by atoms with Gasteiger partial charge in [0.15, 0.2) is 0 Å². The van der Waals surface area contributed by atoms with Crippen molar-refractivity contribution in [1.29, 1.82) is 0 Å². The molecule has 0 aliphatic carbocycles. The Morgan fingerprint density at radius 3 is 2.31 bits per heavy atom. The zero-order valence-electron chi connectivity index (χ0n) is 7.04. The van der Waals surface area contributed by atoms with Gasteiger partial charge in [-0.2, -0.15) is 0 Å². The number of rotatable bonds is 2. The van der Waals surface area contributed by atoms with Gasteiger partial charge in [0.25, 0.3) is 0 Å². The molecule has 0 fully saturated rings. The Kier molecular flexibility index (Phi) is 3.56. The molecule has 0 saturated carbocycles. The normalized spacial score (nSPS) is 15.5. The molecule has 0 saturated heterocycles. The first-order chi connectivity index (χ1) is 6.02. The maximum Gasteiger partial charge on any atom is 0.106 e. The third-order valence-corrected chi connectivity index (χ3v) is 2.30. The van der Waals surface area contributed by atoms with E-state index in [9.17, 15) is 5.11 Å². The van der Waals surface area contributed by atoms with Crippen LogP contribution in [0, 0.1) is 0 Å². The molecule has 2 nitrogen and oxygen atoms in total. The summed E-state index contributed by atoms with van der Waals surface area (Å²) in [6, 6.07) is 4.75. The molecular weight excluding hydrogens is 211 g/mol. The molecule has 13 heavy (non-hydrogen) atoms. The summed E-state index contributed by atoms with van der Waals surface area (Å²) in [5, 5.41) is 19.5. The van der Waals surface area contributed by atoms with Crippen LogP contribution in [0.4, 0.5) is 0 Å². The highest BCUT2D eigenvalue weighted by molar-refractivity contribution is 6.35. The summed E-state index contributed by atoms with van der Waals surface area (Å²) in [6.45, 7) is 1.50. The number of aliphatic hydroxyl groups is 2. The summed E-state index contributed by atoms with van der Waals surface area (Å²) in [5.74, 6) is 0. The monoisotopic (exact) mass is 220 g/mol. The van der Waals surface area contributed by atoms with E-state index in [-0.39, 0.29) is 0 Å². The van der Waals surface area contributed by atoms with Crippen LogP contribution in [-0.4, -0.2) is 16.3 Å². The van der Waals surface area contributed by atoms with Gasteiger partial charge in [-0.1, -0.05) is 29.3 Å². The van der Waals surface area contributed by atoms with Gasteiger partial charge < -0.3 is 10.2 Å². The lowest BCUT2D eigenvalue weighted by Gasteiger charge is -2.15. The molecule has 0 bridgehead atoms. The lowest BCUT2D eigenvalue weighted by atomic mass is 10.1. The van der Waals surface area contributed by atoms with Crippen LogP contribution in [0.1, 0.15) is 18.6 Å². The van der Waals surface area contributed by atoms with Crippen LogP contribution < -0.4 is 0 Å². The Labute approximate surface area is 86.7 Å². The van der Waals surface area contributed by atoms with Crippen molar-refractivity contribution in [3.63, 3.8) is 0 Å². The minimum absolute atomic E-state index is 0.362. The third-order valence-electron chi connectivity index (χ3n) is 1.74. The Balaban J connectivity index is 3.01. The Morgan fingerprint density at radius 2 is 1.85 bits per heavy atom. The SMILES string of the molecule is CC(O)C(O)c1ccc(Cl)cc1Cl. The number of hydrogen-bond acceptors (Lipinski definition) is 2. The second-order valence-electron chi connectivity index (χ2n) is 2.85. The van der Waals surface area contributed by atoms with Crippen LogP contribution in [-0.2, 0) is 0 Å². The Bertz CT molecular complexity index is 300. The topological polar surface area (TPSA) is 40.5 Å². The molecule has 0 aliphatic rings. The van der Waals surface area contributed by atoms with E-state index in [2.05, 4.69) is 0 Å². The predicted molar refractivity (Wildman–Crippen MR) is 53.1 cm³/mol. The maximum atomic E-state index is 9.49. The zero-order valence-corrected chi connectivity index (χ0v) is 8.55. The average Bonchev–Trinajstić information content (AvgIpc) is 2.03. The fourth-order valence-corrected chi connectivity index (χ4v) is 1.52. The van der Waals surface area contributed by atoms with Crippen LogP contribution in [0.25, 0.3) is 0 Å². The van der Waals surface area contributed by atoms with Crippen LogP contribution >= 0.6 is 23.2 Å². The number of aliphatic hydroxyl groups excluding tert-OH is 2. The second-order valence-corrected chi connectivity index (χ2v) is 3.69. The molecule has 0 heterocycles. The molecule has 4 heteroatoms. The van der Waals surface area contributed by atoms with E-state index < -0.39 is 12.2 Å². The van der Waals surface area contributed by atoms with E-state index in [1.807, 2.05) is 0 Å². The minimum Gasteiger partial charge on any atom is -0.390 e. The molecule has 1 aromatic carbocycles. The first kappa shape index (κ1) is 10.8. The van der Waals surface area contributed by atoms with Crippen molar-refractivity contribution in [2.24, 2.45) is 0 Å². The molecule has 0 amide bonds. The van der Waals surface area contributed by atoms with Gasteiger partial charge in [-0.05, 0) is 19.1 Å². The maximum absolute atomic E-state index is 9.49. The van der Waals surface area contributed by atoms with Gasteiger partial charge in [0.2, 0.25) is 0 Å². The molecular formula is C9H10Cl2O2. The quantitative estimate of drug-likeness (QED) is 0.804. The zero-order chi connectivity index (χ0) is 10.0. The van der Waals surface area contributed by atoms with Crippen molar-refractivity contribution in [3.8, 4) is 0 Å². The first-order valence-electron chi connectivity index (χ1n) is 3.83. The van der Waals surface area contributed by atoms with Crippen LogP contribution in [0.3, 0.4) is 0 Å². The lowest BCUT2D eigenvalue weighted by Crippen LogP contribution is -2.14. The highest BCUT2D eigenvalue weighted by atomic mass is 35.5. The summed E-state index contributed by atoms with van der Waals surface area (Å²) < 4.78 is 0. The van der Waals surface area contributed by atoms with Gasteiger partial charge >= 0.3 is 0 Å². The molecule has 2 unspecified atom stereocenters. The van der Waals surface area contributed by atoms with Gasteiger partial charge in [-0.3, -0.25) is 0 Å². The fourth-order valence-electron chi connectivity index (χ4n) is 1.00. The summed E-state index contributed by atoms with van der Waals surface area (Å²) in [7, 11) is 0. The molecule has 0 radical (unpaired) electrons. The fraction of sp³-hybridized carbons (Fsp3) is 0.333. The van der Waals surface area contributed by atoms with Crippen LogP contribution in [0.5, 0.6) is 0 Å². The van der Waals surface area contributed by atoms with Crippen molar-refractivity contribution in [2.75, 3.05) is 0 Å². The van der Waals surface area contributed by atoms with Gasteiger partial charge in [0.1, 0.15) is 6.10 Å². The molecule has 1 aromatic rings. The number of halogens is 2. The van der Waals surface area contributed by atoms with E-state index >= 15 is 0 Å². The lowest BCUT2D eigenvalue weighted by molar-refractivity contribution is 0.0306. The number of hydrogen-bond donors (Lipinski definition) is 2. The highest BCUT2D eigenvalue weighted by Gasteiger charge is 2.16. The molecule has 1 rings (SSSR count). The van der Waals surface area contributed by atoms with Crippen LogP contribution in [0.2, 0.25) is 10.0 Å². The van der Waals surface area contributed by atoms with Gasteiger partial charge in [0.05, 0.1) is 6.10 Å². The molecule has 2 atom stereocenters. The summed E-state index contributed by atoms with van der Waals surface area (Å²) in [4.78, 5) is 0. The number of benzene rings is 1. The Hall–Kier alpha value is -0.280. The molecule has 0 aliphatic heterocycles. The van der Waals surface area contributed by atoms with Crippen molar-refractivity contribution in [2.45, 2.75) is 19.1 Å². The van der Waals surface area contributed by atoms with E-state index in [0.29, 0.717) is 15.6 Å². The minimum atomic E-state index is -0.968. The van der Waals surface area contributed by atoms with E-state index in [1.165, 1.54) is 13.0 Å². The first-order valence-corrected chi connectivity index (χ1v) is 4.59. The standard InChI is InChI=1S/C9H10Cl2O2/c1-5(12)9(13)7-3-2-6(10)4-8(7)11/h2-5,9,12-13H,1H3. The van der Waals surface area contributed by atoms with Gasteiger partial charge in [-0.25, -0.2) is 0 Å². The summed E-state index contributed by atoms with van der Waals surface area (Å²) >= 11 is 11.5. The third kappa shape index (κ3) is 2.58. The van der Waals surface area contributed by atoms with Gasteiger partial charge in [-0.15, -0.1) is 0 Å². The smallest absolute Gasteiger partial charge is 0.106 e. The molecule has 0 spiro atoms. The van der Waals surface area contributed by atoms with E-state index in [0.717, 1.165) is 0 Å². The van der Waals surface area contributed by atoms with Crippen LogP contribution in [0.15, 0.2) is 18.2 Å². The highest BCUT2D eigenvalue weighted by Crippen LogP contribution is 2.27. The summed E-state index contributed by atoms with van der Waals surface area (Å²) in [6.07, 6.45) is -1.82. The molecule has 2 N–H and O–H groups in total. The van der Waals surface area contributed by atoms with Crippen molar-refractivity contribution >= 4 is 23.2 Å². The second kappa shape index (κ2) is 4.29. The average molecular weight is 221 g/mol. The van der Waals surface area contributed by atoms with Crippen molar-refractivity contribution < 1.29 is 10.2 Å². The van der Waals surface area contributed by atoms with E-state index in [4.69, 9.17) is 28.3 Å².